The summed E-state index contributed by atoms with van der Waals surface area (Å²) in [6.07, 6.45) is 1.40. The number of carbonyl (C=O) groups excluding carboxylic acids is 1. The number of nitrogens with zero attached hydrogens (tertiary/aromatic N) is 1. The van der Waals surface area contributed by atoms with Gasteiger partial charge in [-0.1, -0.05) is 0 Å². The van der Waals surface area contributed by atoms with E-state index in [-0.39, 0.29) is 5.91 Å². The Morgan fingerprint density at radius 3 is 2.53 bits per heavy atom. The lowest BCUT2D eigenvalue weighted by Crippen LogP contribution is -2.40. The highest BCUT2D eigenvalue weighted by molar-refractivity contribution is 5.97. The van der Waals surface area contributed by atoms with Gasteiger partial charge in [-0.3, -0.25) is 4.79 Å². The molecule has 0 aliphatic rings. The number of carboxylic acid groups (broad SMARTS) is 1. The number of hydrogen-bond donors (Lipinski definition) is 1. The molecule has 82 valence electrons. The molecule has 0 aliphatic carbocycles. The molecule has 1 atom stereocenters. The van der Waals surface area contributed by atoms with Crippen molar-refractivity contribution in [3.63, 3.8) is 0 Å². The summed E-state index contributed by atoms with van der Waals surface area (Å²) in [7, 11) is 1.45. The van der Waals surface area contributed by atoms with Crippen molar-refractivity contribution in [3.05, 3.63) is 23.7 Å². The molecule has 0 saturated carbocycles. The summed E-state index contributed by atoms with van der Waals surface area (Å²) in [5.74, 6) is -0.896. The Balaban J connectivity index is 2.86. The quantitative estimate of drug-likeness (QED) is 0.813. The molecule has 0 spiro atoms. The largest absolute Gasteiger partial charge is 0.480 e. The van der Waals surface area contributed by atoms with Crippen LogP contribution in [-0.2, 0) is 4.79 Å². The number of aryl methyl sites for hydroxylation is 1. The fourth-order valence-corrected chi connectivity index (χ4v) is 1.14. The summed E-state index contributed by atoms with van der Waals surface area (Å²) in [6, 6.07) is 0.676. The van der Waals surface area contributed by atoms with E-state index in [2.05, 4.69) is 0 Å². The topological polar surface area (TPSA) is 70.8 Å². The van der Waals surface area contributed by atoms with E-state index in [0.717, 1.165) is 0 Å². The Morgan fingerprint density at radius 1 is 1.53 bits per heavy atom. The summed E-state index contributed by atoms with van der Waals surface area (Å²) < 4.78 is 4.98. The van der Waals surface area contributed by atoms with Gasteiger partial charge in [-0.05, 0) is 19.9 Å². The van der Waals surface area contributed by atoms with Crippen LogP contribution in [0.4, 0.5) is 0 Å². The summed E-state index contributed by atoms with van der Waals surface area (Å²) in [5, 5.41) is 8.75. The highest BCUT2D eigenvalue weighted by Gasteiger charge is 2.24. The first kappa shape index (κ1) is 11.3. The van der Waals surface area contributed by atoms with Crippen LogP contribution in [0.15, 0.2) is 16.7 Å². The van der Waals surface area contributed by atoms with Gasteiger partial charge in [0, 0.05) is 7.05 Å². The highest BCUT2D eigenvalue weighted by atomic mass is 16.4. The van der Waals surface area contributed by atoms with Crippen LogP contribution >= 0.6 is 0 Å². The van der Waals surface area contributed by atoms with Crippen LogP contribution < -0.4 is 0 Å². The number of rotatable bonds is 3. The van der Waals surface area contributed by atoms with Crippen molar-refractivity contribution < 1.29 is 19.1 Å². The number of carbonyl (C=O) groups is 2. The van der Waals surface area contributed by atoms with Gasteiger partial charge in [0.15, 0.2) is 0 Å². The molecule has 1 aromatic heterocycles. The highest BCUT2D eigenvalue weighted by Crippen LogP contribution is 2.12. The van der Waals surface area contributed by atoms with E-state index < -0.39 is 12.0 Å². The van der Waals surface area contributed by atoms with Gasteiger partial charge >= 0.3 is 5.97 Å². The molecule has 5 nitrogen and oxygen atoms in total. The van der Waals surface area contributed by atoms with Gasteiger partial charge in [0.2, 0.25) is 0 Å². The predicted molar refractivity (Wildman–Crippen MR) is 52.6 cm³/mol. The molecule has 0 aromatic carbocycles. The Hall–Kier alpha value is -1.78. The van der Waals surface area contributed by atoms with Crippen molar-refractivity contribution in [3.8, 4) is 0 Å². The third-order valence-electron chi connectivity index (χ3n) is 2.35. The Morgan fingerprint density at radius 2 is 2.13 bits per heavy atom. The molecule has 5 heteroatoms. The van der Waals surface area contributed by atoms with Crippen LogP contribution in [0.3, 0.4) is 0 Å². The lowest BCUT2D eigenvalue weighted by molar-refractivity contribution is -0.141. The van der Waals surface area contributed by atoms with Gasteiger partial charge < -0.3 is 14.4 Å². The van der Waals surface area contributed by atoms with Crippen molar-refractivity contribution in [2.45, 2.75) is 19.9 Å². The van der Waals surface area contributed by atoms with Gasteiger partial charge in [0.25, 0.3) is 5.91 Å². The first-order chi connectivity index (χ1) is 6.95. The van der Waals surface area contributed by atoms with E-state index in [0.29, 0.717) is 11.3 Å². The Kier molecular flexibility index (Phi) is 3.14. The standard InChI is InChI=1S/C10H13NO4/c1-6(10(13)14)11(3)9(12)8-4-5-15-7(8)2/h4-6H,1-3H3,(H,13,14). The van der Waals surface area contributed by atoms with E-state index in [9.17, 15) is 9.59 Å². The van der Waals surface area contributed by atoms with Gasteiger partial charge in [-0.25, -0.2) is 4.79 Å². The minimum absolute atomic E-state index is 0.351. The summed E-state index contributed by atoms with van der Waals surface area (Å²) in [4.78, 5) is 23.6. The predicted octanol–water partition coefficient (Wildman–Crippen LogP) is 1.13. The van der Waals surface area contributed by atoms with Crippen LogP contribution in [0.5, 0.6) is 0 Å². The molecular weight excluding hydrogens is 198 g/mol. The Labute approximate surface area is 87.3 Å². The van der Waals surface area contributed by atoms with Crippen LogP contribution in [0.2, 0.25) is 0 Å². The number of likely N-dealkylation sites (N-methyl/N-ethyl adjacent to an activating group) is 1. The molecule has 1 unspecified atom stereocenters. The first-order valence-electron chi connectivity index (χ1n) is 4.49. The lowest BCUT2D eigenvalue weighted by atomic mass is 10.2. The molecule has 1 rings (SSSR count). The average molecular weight is 211 g/mol. The van der Waals surface area contributed by atoms with Crippen LogP contribution in [0, 0.1) is 6.92 Å². The third kappa shape index (κ3) is 2.18. The fourth-order valence-electron chi connectivity index (χ4n) is 1.14. The van der Waals surface area contributed by atoms with E-state index in [1.807, 2.05) is 0 Å². The second-order valence-electron chi connectivity index (χ2n) is 3.32. The molecule has 0 aliphatic heterocycles. The summed E-state index contributed by atoms with van der Waals surface area (Å²) in [6.45, 7) is 3.11. The number of aliphatic carboxylic acids is 1. The maximum atomic E-state index is 11.8. The van der Waals surface area contributed by atoms with Crippen molar-refractivity contribution in [2.24, 2.45) is 0 Å². The molecule has 1 heterocycles. The van der Waals surface area contributed by atoms with Crippen molar-refractivity contribution in [1.82, 2.24) is 4.90 Å². The van der Waals surface area contributed by atoms with Gasteiger partial charge in [-0.2, -0.15) is 0 Å². The van der Waals surface area contributed by atoms with E-state index in [1.54, 1.807) is 6.92 Å². The number of amides is 1. The molecule has 0 fully saturated rings. The van der Waals surface area contributed by atoms with Crippen LogP contribution in [-0.4, -0.2) is 35.0 Å². The Bertz CT molecular complexity index is 383. The van der Waals surface area contributed by atoms with Gasteiger partial charge in [-0.15, -0.1) is 0 Å². The maximum Gasteiger partial charge on any atom is 0.326 e. The molecule has 0 radical (unpaired) electrons. The second-order valence-corrected chi connectivity index (χ2v) is 3.32. The monoisotopic (exact) mass is 211 g/mol. The third-order valence-corrected chi connectivity index (χ3v) is 2.35. The summed E-state index contributed by atoms with van der Waals surface area (Å²) in [5.41, 5.74) is 0.394. The number of carboxylic acids is 1. The normalized spacial score (nSPS) is 12.2. The molecule has 0 bridgehead atoms. The van der Waals surface area contributed by atoms with E-state index >= 15 is 0 Å². The van der Waals surface area contributed by atoms with Crippen molar-refractivity contribution >= 4 is 11.9 Å². The second kappa shape index (κ2) is 4.16. The van der Waals surface area contributed by atoms with E-state index in [1.165, 1.54) is 31.2 Å². The fraction of sp³-hybridized carbons (Fsp3) is 0.400. The first-order valence-corrected chi connectivity index (χ1v) is 4.49. The zero-order valence-electron chi connectivity index (χ0n) is 8.85. The maximum absolute atomic E-state index is 11.8. The number of furan rings is 1. The molecular formula is C10H13NO4. The molecule has 1 amide bonds. The number of hydrogen-bond acceptors (Lipinski definition) is 3. The zero-order valence-corrected chi connectivity index (χ0v) is 8.85. The molecule has 15 heavy (non-hydrogen) atoms. The smallest absolute Gasteiger partial charge is 0.326 e. The minimum atomic E-state index is -1.04. The van der Waals surface area contributed by atoms with Crippen LogP contribution in [0.25, 0.3) is 0 Å². The molecule has 1 aromatic rings. The summed E-state index contributed by atoms with van der Waals surface area (Å²) >= 11 is 0. The van der Waals surface area contributed by atoms with Gasteiger partial charge in [0.05, 0.1) is 11.8 Å². The molecule has 0 saturated heterocycles. The van der Waals surface area contributed by atoms with Crippen LogP contribution in [0.1, 0.15) is 23.0 Å². The zero-order chi connectivity index (χ0) is 11.6. The minimum Gasteiger partial charge on any atom is -0.480 e. The van der Waals surface area contributed by atoms with E-state index in [4.69, 9.17) is 9.52 Å². The molecule has 1 N–H and O–H groups in total. The average Bonchev–Trinajstić information content (AvgIpc) is 2.60. The lowest BCUT2D eigenvalue weighted by Gasteiger charge is -2.20. The van der Waals surface area contributed by atoms with Crippen molar-refractivity contribution in [1.29, 1.82) is 0 Å². The van der Waals surface area contributed by atoms with Crippen molar-refractivity contribution in [2.75, 3.05) is 7.05 Å². The SMILES string of the molecule is Cc1occc1C(=O)N(C)C(C)C(=O)O. The van der Waals surface area contributed by atoms with Gasteiger partial charge in [0.1, 0.15) is 11.8 Å².